The number of rotatable bonds is 7. The second-order valence-electron chi connectivity index (χ2n) is 13.7. The van der Waals surface area contributed by atoms with Gasteiger partial charge in [-0.1, -0.05) is 135 Å². The molecule has 0 unspecified atom stereocenters. The van der Waals surface area contributed by atoms with E-state index in [1.165, 1.54) is 128 Å². The van der Waals surface area contributed by atoms with Crippen LogP contribution in [0.3, 0.4) is 0 Å². The van der Waals surface area contributed by atoms with Crippen molar-refractivity contribution in [3.63, 3.8) is 0 Å². The van der Waals surface area contributed by atoms with Crippen molar-refractivity contribution in [1.29, 1.82) is 0 Å². The summed E-state index contributed by atoms with van der Waals surface area (Å²) in [4.78, 5) is 0. The summed E-state index contributed by atoms with van der Waals surface area (Å²) in [6.45, 7) is 4.97. The Morgan fingerprint density at radius 3 is 1.33 bits per heavy atom. The van der Waals surface area contributed by atoms with Gasteiger partial charge in [0.15, 0.2) is 0 Å². The molecule has 2 aromatic carbocycles. The molecule has 0 N–H and O–H groups in total. The van der Waals surface area contributed by atoms with E-state index in [1.54, 1.807) is 10.5 Å². The molecule has 0 amide bonds. The SMILES string of the molecule is C[Si](C)c1ccccc1P(C1CCCCC1)C1CCCCC1.[Pd].[c-]1ccccc1P(C1CCCCC1)C1CCCCC1. The van der Waals surface area contributed by atoms with Crippen LogP contribution >= 0.6 is 15.8 Å². The first-order valence-electron chi connectivity index (χ1n) is 17.7. The summed E-state index contributed by atoms with van der Waals surface area (Å²) in [5, 5.41) is 5.17. The van der Waals surface area contributed by atoms with Crippen molar-refractivity contribution < 1.29 is 20.4 Å². The minimum absolute atomic E-state index is 0. The van der Waals surface area contributed by atoms with E-state index in [4.69, 9.17) is 0 Å². The third-order valence-corrected chi connectivity index (χ3v) is 19.3. The van der Waals surface area contributed by atoms with Crippen molar-refractivity contribution in [2.75, 3.05) is 0 Å². The Kier molecular flexibility index (Phi) is 15.8. The van der Waals surface area contributed by atoms with Crippen LogP contribution in [0.2, 0.25) is 13.1 Å². The van der Waals surface area contributed by atoms with E-state index in [-0.39, 0.29) is 45.1 Å². The van der Waals surface area contributed by atoms with Crippen LogP contribution in [0.5, 0.6) is 0 Å². The zero-order valence-corrected chi connectivity index (χ0v) is 31.1. The van der Waals surface area contributed by atoms with Gasteiger partial charge in [0.1, 0.15) is 0 Å². The summed E-state index contributed by atoms with van der Waals surface area (Å²) in [6.07, 6.45) is 29.8. The zero-order valence-electron chi connectivity index (χ0n) is 26.8. The molecule has 4 fully saturated rings. The Balaban J connectivity index is 0.000000190. The van der Waals surface area contributed by atoms with E-state index in [0.717, 1.165) is 22.6 Å². The fourth-order valence-electron chi connectivity index (χ4n) is 8.49. The molecule has 6 rings (SSSR count). The van der Waals surface area contributed by atoms with E-state index in [9.17, 15) is 0 Å². The molecule has 4 aliphatic carbocycles. The van der Waals surface area contributed by atoms with Crippen LogP contribution < -0.4 is 15.8 Å². The Hall–Kier alpha value is 0.179. The minimum atomic E-state index is -0.346. The topological polar surface area (TPSA) is 0 Å². The molecule has 0 atom stereocenters. The molecule has 235 valence electrons. The molecule has 0 heterocycles. The van der Waals surface area contributed by atoms with Crippen LogP contribution in [-0.4, -0.2) is 31.4 Å². The molecular weight excluding hydrogens is 653 g/mol. The molecule has 2 aromatic rings. The van der Waals surface area contributed by atoms with Crippen molar-refractivity contribution >= 4 is 40.4 Å². The summed E-state index contributed by atoms with van der Waals surface area (Å²) < 4.78 is 0. The third-order valence-electron chi connectivity index (χ3n) is 10.6. The summed E-state index contributed by atoms with van der Waals surface area (Å²) in [7, 11) is -0.213. The van der Waals surface area contributed by atoms with Crippen molar-refractivity contribution in [2.45, 2.75) is 164 Å². The summed E-state index contributed by atoms with van der Waals surface area (Å²) in [5.74, 6) is 0. The molecule has 0 nitrogen and oxygen atoms in total. The van der Waals surface area contributed by atoms with Crippen LogP contribution in [0.15, 0.2) is 48.5 Å². The smallest absolute Gasteiger partial charge is 0.0800 e. The van der Waals surface area contributed by atoms with Gasteiger partial charge in [-0.25, -0.2) is 0 Å². The number of hydrogen-bond acceptors (Lipinski definition) is 0. The van der Waals surface area contributed by atoms with Gasteiger partial charge >= 0.3 is 0 Å². The van der Waals surface area contributed by atoms with Gasteiger partial charge in [0.2, 0.25) is 0 Å². The average Bonchev–Trinajstić information content (AvgIpc) is 3.04. The first-order valence-corrected chi connectivity index (χ1v) is 23.1. The van der Waals surface area contributed by atoms with E-state index in [1.807, 2.05) is 5.30 Å². The molecular formula is C38H58P2PdSi-. The summed E-state index contributed by atoms with van der Waals surface area (Å²) in [5.41, 5.74) is 4.08. The molecule has 1 radical (unpaired) electrons. The predicted molar refractivity (Wildman–Crippen MR) is 189 cm³/mol. The maximum absolute atomic E-state index is 3.59. The number of benzene rings is 2. The fraction of sp³-hybridized carbons (Fsp3) is 0.684. The fourth-order valence-corrected chi connectivity index (χ4v) is 18.1. The van der Waals surface area contributed by atoms with Crippen LogP contribution in [0.1, 0.15) is 128 Å². The van der Waals surface area contributed by atoms with Gasteiger partial charge in [-0.05, 0) is 79.3 Å². The second kappa shape index (κ2) is 19.0. The third kappa shape index (κ3) is 9.84. The van der Waals surface area contributed by atoms with Gasteiger partial charge in [0, 0.05) is 20.4 Å². The number of hydrogen-bond donors (Lipinski definition) is 0. The zero-order chi connectivity index (χ0) is 28.3. The molecule has 0 bridgehead atoms. The Morgan fingerprint density at radius 1 is 0.524 bits per heavy atom. The van der Waals surface area contributed by atoms with Gasteiger partial charge in [-0.3, -0.25) is 0 Å². The Morgan fingerprint density at radius 2 is 0.929 bits per heavy atom. The first kappa shape index (κ1) is 35.0. The van der Waals surface area contributed by atoms with Crippen molar-refractivity contribution in [1.82, 2.24) is 0 Å². The van der Waals surface area contributed by atoms with Crippen LogP contribution in [0.25, 0.3) is 0 Å². The van der Waals surface area contributed by atoms with Gasteiger partial charge in [0.05, 0.1) is 8.80 Å². The van der Waals surface area contributed by atoms with Gasteiger partial charge < -0.3 is 0 Å². The molecule has 4 heteroatoms. The van der Waals surface area contributed by atoms with E-state index >= 15 is 0 Å². The van der Waals surface area contributed by atoms with Crippen LogP contribution in [0.4, 0.5) is 0 Å². The van der Waals surface area contributed by atoms with Crippen LogP contribution in [0, 0.1) is 6.07 Å². The van der Waals surface area contributed by atoms with Crippen LogP contribution in [-0.2, 0) is 20.4 Å². The van der Waals surface area contributed by atoms with E-state index in [0.29, 0.717) is 0 Å². The van der Waals surface area contributed by atoms with Crippen molar-refractivity contribution in [3.8, 4) is 0 Å². The molecule has 0 spiro atoms. The summed E-state index contributed by atoms with van der Waals surface area (Å²) >= 11 is 0. The monoisotopic (exact) mass is 710 g/mol. The predicted octanol–water partition coefficient (Wildman–Crippen LogP) is 10.7. The molecule has 0 aliphatic heterocycles. The van der Waals surface area contributed by atoms with Gasteiger partial charge in [0.25, 0.3) is 0 Å². The molecule has 4 saturated carbocycles. The normalized spacial score (nSPS) is 21.6. The van der Waals surface area contributed by atoms with Gasteiger partial charge in [-0.2, -0.15) is 30.3 Å². The van der Waals surface area contributed by atoms with Crippen molar-refractivity contribution in [2.24, 2.45) is 0 Å². The van der Waals surface area contributed by atoms with Crippen molar-refractivity contribution in [3.05, 3.63) is 54.6 Å². The molecule has 42 heavy (non-hydrogen) atoms. The summed E-state index contributed by atoms with van der Waals surface area (Å²) in [6, 6.07) is 22.0. The van der Waals surface area contributed by atoms with E-state index in [2.05, 4.69) is 67.7 Å². The maximum atomic E-state index is 3.59. The minimum Gasteiger partial charge on any atom is -0.176 e. The second-order valence-corrected chi connectivity index (χ2v) is 21.8. The Labute approximate surface area is 278 Å². The average molecular weight is 711 g/mol. The van der Waals surface area contributed by atoms with E-state index < -0.39 is 0 Å². The molecule has 0 aromatic heterocycles. The maximum Gasteiger partial charge on any atom is 0.0800 e. The largest absolute Gasteiger partial charge is 0.176 e. The molecule has 0 saturated heterocycles. The first-order chi connectivity index (χ1) is 20.2. The molecule has 4 aliphatic rings. The quantitative estimate of drug-likeness (QED) is 0.152. The standard InChI is InChI=1S/C20H32PSi.C18H26P.Pd/c1-22(2)20-16-10-9-15-19(20)21(17-11-5-3-6-12-17)18-13-7-4-8-14-18;1-4-10-16(11-5-1)19(17-12-6-2-7-13-17)18-14-8-3-9-15-18;/h9-10,15-18H,3-8,11-14H2,1-2H3;1,4-5,10,17-18H,2-3,6-9,12-15H2;/q;-1;. The Bertz CT molecular complexity index is 953. The van der Waals surface area contributed by atoms with Gasteiger partial charge in [-0.15, -0.1) is 5.30 Å².